The van der Waals surface area contributed by atoms with Gasteiger partial charge < -0.3 is 40.2 Å². The topological polar surface area (TPSA) is 158 Å². The highest BCUT2D eigenvalue weighted by atomic mass is 16.5. The van der Waals surface area contributed by atoms with Crippen LogP contribution in [-0.4, -0.2) is 89.0 Å². The third-order valence-electron chi connectivity index (χ3n) is 14.4. The number of hydrogen-bond donors (Lipinski definition) is 4. The van der Waals surface area contributed by atoms with E-state index >= 15 is 0 Å². The Morgan fingerprint density at radius 3 is 2.14 bits per heavy atom. The van der Waals surface area contributed by atoms with Crippen molar-refractivity contribution < 1.29 is 28.7 Å². The molecule has 4 amide bonds. The molecule has 4 aliphatic rings. The van der Waals surface area contributed by atoms with Crippen LogP contribution in [-0.2, 0) is 35.7 Å². The Kier molecular flexibility index (Phi) is 13.4. The molecule has 0 bridgehead atoms. The molecule has 1 saturated carbocycles. The summed E-state index contributed by atoms with van der Waals surface area (Å²) < 4.78 is 10.0. The molecule has 8 rings (SSSR count). The van der Waals surface area contributed by atoms with Crippen molar-refractivity contribution in [3.8, 4) is 33.5 Å². The number of imidazole rings is 1. The first kappa shape index (κ1) is 45.5. The summed E-state index contributed by atoms with van der Waals surface area (Å²) in [6.45, 7) is 12.7. The highest BCUT2D eigenvalue weighted by molar-refractivity contribution is 5.99. The van der Waals surface area contributed by atoms with Crippen LogP contribution in [0.3, 0.4) is 0 Å². The van der Waals surface area contributed by atoms with E-state index in [0.29, 0.717) is 31.1 Å². The fourth-order valence-corrected chi connectivity index (χ4v) is 11.0. The fourth-order valence-electron chi connectivity index (χ4n) is 11.0. The second kappa shape index (κ2) is 19.2. The molecule has 344 valence electrons. The van der Waals surface area contributed by atoms with Gasteiger partial charge in [-0.2, -0.15) is 0 Å². The summed E-state index contributed by atoms with van der Waals surface area (Å²) in [5.74, 6) is 0.493. The molecular formula is C52H65N7O6. The average Bonchev–Trinajstić information content (AvgIpc) is 4.18. The van der Waals surface area contributed by atoms with Crippen LogP contribution in [0.5, 0.6) is 0 Å². The molecule has 4 aromatic rings. The number of alkyl carbamates (subject to hydrolysis) is 1. The van der Waals surface area contributed by atoms with Crippen LogP contribution in [0, 0.1) is 11.8 Å². The van der Waals surface area contributed by atoms with Gasteiger partial charge in [-0.3, -0.25) is 14.4 Å². The molecule has 4 N–H and O–H groups in total. The maximum Gasteiger partial charge on any atom is 0.407 e. The molecule has 3 fully saturated rings. The number of rotatable bonds is 14. The summed E-state index contributed by atoms with van der Waals surface area (Å²) in [4.78, 5) is 65.3. The van der Waals surface area contributed by atoms with Crippen molar-refractivity contribution in [2.75, 3.05) is 32.6 Å². The predicted octanol–water partition coefficient (Wildman–Crippen LogP) is 8.87. The lowest BCUT2D eigenvalue weighted by Gasteiger charge is -2.31. The number of nitrogens with zero attached hydrogens (tertiary/aromatic N) is 3. The number of benzene rings is 3. The molecule has 2 aliphatic carbocycles. The zero-order valence-electron chi connectivity index (χ0n) is 38.8. The van der Waals surface area contributed by atoms with Gasteiger partial charge in [-0.25, -0.2) is 9.78 Å². The number of carbonyl (C=O) groups excluding carboxylic acids is 4. The van der Waals surface area contributed by atoms with Gasteiger partial charge in [0.25, 0.3) is 0 Å². The van der Waals surface area contributed by atoms with Crippen LogP contribution in [0.15, 0.2) is 79.3 Å². The van der Waals surface area contributed by atoms with Crippen LogP contribution in [0.25, 0.3) is 33.5 Å². The van der Waals surface area contributed by atoms with Gasteiger partial charge in [-0.1, -0.05) is 89.1 Å². The van der Waals surface area contributed by atoms with Gasteiger partial charge in [-0.15, -0.1) is 0 Å². The number of hydrogen-bond acceptors (Lipinski definition) is 8. The highest BCUT2D eigenvalue weighted by Gasteiger charge is 2.44. The van der Waals surface area contributed by atoms with Crippen LogP contribution in [0.1, 0.15) is 108 Å². The molecule has 2 aliphatic heterocycles. The second-order valence-electron chi connectivity index (χ2n) is 19.1. The van der Waals surface area contributed by atoms with Crippen LogP contribution in [0.4, 0.5) is 10.5 Å². The first-order valence-corrected chi connectivity index (χ1v) is 23.5. The molecule has 13 nitrogen and oxygen atoms in total. The molecule has 3 aromatic carbocycles. The number of amides is 4. The molecule has 4 atom stereocenters. The van der Waals surface area contributed by atoms with Gasteiger partial charge in [0, 0.05) is 18.8 Å². The van der Waals surface area contributed by atoms with Gasteiger partial charge in [0.05, 0.1) is 32.2 Å². The van der Waals surface area contributed by atoms with E-state index in [1.165, 1.54) is 67.7 Å². The first-order chi connectivity index (χ1) is 31.3. The summed E-state index contributed by atoms with van der Waals surface area (Å²) in [5.41, 5.74) is 10.3. The number of carbonyl (C=O) groups is 4. The molecule has 65 heavy (non-hydrogen) atoms. The van der Waals surface area contributed by atoms with Crippen molar-refractivity contribution in [1.29, 1.82) is 0 Å². The van der Waals surface area contributed by atoms with Gasteiger partial charge in [0.2, 0.25) is 17.7 Å². The van der Waals surface area contributed by atoms with Crippen molar-refractivity contribution in [1.82, 2.24) is 30.4 Å². The summed E-state index contributed by atoms with van der Waals surface area (Å²) in [6.07, 6.45) is 11.2. The lowest BCUT2D eigenvalue weighted by atomic mass is 9.76. The molecule has 2 saturated heterocycles. The van der Waals surface area contributed by atoms with Gasteiger partial charge >= 0.3 is 6.09 Å². The number of anilines is 1. The molecule has 1 aromatic heterocycles. The Hall–Kier alpha value is -6.11. The number of methoxy groups -OCH3 is 2. The third kappa shape index (κ3) is 9.11. The Balaban J connectivity index is 1.02. The molecule has 3 heterocycles. The van der Waals surface area contributed by atoms with E-state index in [-0.39, 0.29) is 41.0 Å². The van der Waals surface area contributed by atoms with Crippen molar-refractivity contribution in [2.24, 2.45) is 11.8 Å². The van der Waals surface area contributed by atoms with E-state index in [0.717, 1.165) is 54.7 Å². The number of aromatic amines is 1. The zero-order valence-corrected chi connectivity index (χ0v) is 38.8. The maximum absolute atomic E-state index is 13.9. The SMILES string of the molecule is C=C(N[C@H](C(=O)N1CCC[C@H]1C(=O)Nc1cccc(-c2ccc(-c3ccc(-c4cnc([C@@H]5CCCN5C(=O)[C@@H](NC(=O)OC)C(C)C)[nH]4)cc3)c3c2CCC32CCCC2)c1)C(C)C)OC. The zero-order chi connectivity index (χ0) is 46.0. The smallest absolute Gasteiger partial charge is 0.407 e. The minimum atomic E-state index is -0.690. The minimum absolute atomic E-state index is 0.0275. The summed E-state index contributed by atoms with van der Waals surface area (Å²) >= 11 is 0. The van der Waals surface area contributed by atoms with E-state index in [1.54, 1.807) is 4.90 Å². The monoisotopic (exact) mass is 883 g/mol. The number of nitrogens with one attached hydrogen (secondary N) is 4. The molecule has 1 spiro atoms. The van der Waals surface area contributed by atoms with Crippen molar-refractivity contribution in [3.63, 3.8) is 0 Å². The van der Waals surface area contributed by atoms with Crippen molar-refractivity contribution in [2.45, 2.75) is 121 Å². The maximum atomic E-state index is 13.9. The highest BCUT2D eigenvalue weighted by Crippen LogP contribution is 2.55. The van der Waals surface area contributed by atoms with Crippen LogP contribution >= 0.6 is 0 Å². The third-order valence-corrected chi connectivity index (χ3v) is 14.4. The van der Waals surface area contributed by atoms with Crippen molar-refractivity contribution >= 4 is 29.5 Å². The van der Waals surface area contributed by atoms with E-state index in [4.69, 9.17) is 14.5 Å². The lowest BCUT2D eigenvalue weighted by Crippen LogP contribution is -2.53. The summed E-state index contributed by atoms with van der Waals surface area (Å²) in [5, 5.41) is 9.00. The standard InChI is InChI=1S/C52H65N7O6/c1-31(2)45(54-33(5)64-6)49(61)59-28-12-16-43(59)48(60)55-37-14-10-13-36(29-37)38-21-22-39(44-40(38)23-26-52(44)24-8-9-25-52)34-17-19-35(20-18-34)41-30-53-47(56-41)42-15-11-27-58(42)50(62)46(32(3)4)57-51(63)65-7/h10,13-14,17-22,29-32,42-43,45-46,54H,5,8-9,11-12,15-16,23-28H2,1-4,6-7H3,(H,53,56)(H,55,60)(H,57,63)/t42-,43-,45-,46-/m0/s1. The number of likely N-dealkylation sites (tertiary alicyclic amines) is 2. The van der Waals surface area contributed by atoms with E-state index in [2.05, 4.69) is 76.0 Å². The average molecular weight is 884 g/mol. The van der Waals surface area contributed by atoms with Gasteiger partial charge in [-0.05, 0) is 126 Å². The number of aromatic nitrogens is 2. The Morgan fingerprint density at radius 2 is 1.43 bits per heavy atom. The molecule has 0 radical (unpaired) electrons. The normalized spacial score (nSPS) is 19.6. The fraction of sp³-hybridized carbons (Fsp3) is 0.481. The Labute approximate surface area is 383 Å². The van der Waals surface area contributed by atoms with Crippen molar-refractivity contribution in [3.05, 3.63) is 96.3 Å². The lowest BCUT2D eigenvalue weighted by molar-refractivity contribution is -0.139. The molecular weight excluding hydrogens is 819 g/mol. The van der Waals surface area contributed by atoms with E-state index in [1.807, 2.05) is 50.9 Å². The molecule has 13 heteroatoms. The van der Waals surface area contributed by atoms with Gasteiger partial charge in [0.1, 0.15) is 23.9 Å². The number of H-pyrrole nitrogens is 1. The summed E-state index contributed by atoms with van der Waals surface area (Å²) in [7, 11) is 2.82. The summed E-state index contributed by atoms with van der Waals surface area (Å²) in [6, 6.07) is 19.4. The van der Waals surface area contributed by atoms with Crippen LogP contribution in [0.2, 0.25) is 0 Å². The van der Waals surface area contributed by atoms with Crippen LogP contribution < -0.4 is 16.0 Å². The van der Waals surface area contributed by atoms with Gasteiger partial charge in [0.15, 0.2) is 5.88 Å². The Morgan fingerprint density at radius 1 is 0.769 bits per heavy atom. The first-order valence-electron chi connectivity index (χ1n) is 23.5. The molecule has 0 unspecified atom stereocenters. The second-order valence-corrected chi connectivity index (χ2v) is 19.1. The van der Waals surface area contributed by atoms with E-state index in [9.17, 15) is 19.2 Å². The number of ether oxygens (including phenoxy) is 2. The minimum Gasteiger partial charge on any atom is -0.483 e. The quantitative estimate of drug-likeness (QED) is 0.0915. The van der Waals surface area contributed by atoms with E-state index < -0.39 is 24.2 Å². The largest absolute Gasteiger partial charge is 0.483 e. The Bertz CT molecular complexity index is 2420. The number of fused-ring (bicyclic) bond motifs is 2. The predicted molar refractivity (Wildman–Crippen MR) is 252 cm³/mol.